The molecule has 2 heterocycles. The maximum absolute atomic E-state index is 13.8. The summed E-state index contributed by atoms with van der Waals surface area (Å²) in [5.74, 6) is -2.81. The summed E-state index contributed by atoms with van der Waals surface area (Å²) in [7, 11) is 2.76. The molecule has 5 atom stereocenters. The van der Waals surface area contributed by atoms with Gasteiger partial charge >= 0.3 is 11.9 Å². The Labute approximate surface area is 218 Å². The molecular formula is C29H36N3O5+. The van der Waals surface area contributed by atoms with E-state index in [1.807, 2.05) is 38.1 Å². The van der Waals surface area contributed by atoms with Gasteiger partial charge in [-0.1, -0.05) is 42.5 Å². The Kier molecular flexibility index (Phi) is 8.48. The summed E-state index contributed by atoms with van der Waals surface area (Å²) in [6.07, 6.45) is 1.48. The van der Waals surface area contributed by atoms with Gasteiger partial charge in [-0.15, -0.1) is 0 Å². The number of aliphatic imine (C=N–C) groups is 1. The van der Waals surface area contributed by atoms with E-state index in [1.165, 1.54) is 19.7 Å². The topological polar surface area (TPSA) is 88.3 Å². The molecule has 0 radical (unpaired) electrons. The highest BCUT2D eigenvalue weighted by atomic mass is 16.5. The smallest absolute Gasteiger partial charge is 0.315 e. The van der Waals surface area contributed by atoms with Crippen LogP contribution in [0.3, 0.4) is 0 Å². The number of hydrogen-bond donors (Lipinski definition) is 0. The molecule has 8 nitrogen and oxygen atoms in total. The first-order chi connectivity index (χ1) is 17.8. The lowest BCUT2D eigenvalue weighted by Crippen LogP contribution is -2.47. The zero-order valence-corrected chi connectivity index (χ0v) is 22.0. The van der Waals surface area contributed by atoms with Gasteiger partial charge in [-0.3, -0.25) is 19.5 Å². The van der Waals surface area contributed by atoms with E-state index in [1.54, 1.807) is 18.2 Å². The molecule has 4 rings (SSSR count). The maximum Gasteiger partial charge on any atom is 0.315 e. The molecule has 2 aromatic carbocycles. The van der Waals surface area contributed by atoms with Crippen LogP contribution >= 0.6 is 0 Å². The minimum absolute atomic E-state index is 0.242. The number of rotatable bonds is 7. The Morgan fingerprint density at radius 2 is 1.86 bits per heavy atom. The monoisotopic (exact) mass is 506 g/mol. The van der Waals surface area contributed by atoms with Crippen molar-refractivity contribution < 1.29 is 23.8 Å². The first-order valence-electron chi connectivity index (χ1n) is 12.9. The number of carbonyl (C=O) groups is 2. The van der Waals surface area contributed by atoms with E-state index in [9.17, 15) is 14.5 Å². The molecule has 0 amide bonds. The summed E-state index contributed by atoms with van der Waals surface area (Å²) in [4.78, 5) is 45.7. The van der Waals surface area contributed by atoms with Crippen LogP contribution in [-0.2, 0) is 25.6 Å². The molecule has 1 saturated heterocycles. The van der Waals surface area contributed by atoms with E-state index in [0.717, 1.165) is 30.7 Å². The minimum Gasteiger partial charge on any atom is -0.469 e. The summed E-state index contributed by atoms with van der Waals surface area (Å²) in [5.41, 5.74) is 3.02. The predicted molar refractivity (Wildman–Crippen MR) is 141 cm³/mol. The molecule has 0 saturated carbocycles. The van der Waals surface area contributed by atoms with Gasteiger partial charge < -0.3 is 9.47 Å². The number of nitroso groups, excluding NO2 is 1. The average molecular weight is 507 g/mol. The number of methoxy groups -OCH3 is 1. The van der Waals surface area contributed by atoms with Gasteiger partial charge in [-0.2, -0.15) is 0 Å². The van der Waals surface area contributed by atoms with Gasteiger partial charge in [0, 0.05) is 46.5 Å². The number of benzene rings is 2. The molecule has 196 valence electrons. The molecule has 37 heavy (non-hydrogen) atoms. The molecule has 2 aliphatic heterocycles. The van der Waals surface area contributed by atoms with Crippen molar-refractivity contribution in [3.05, 3.63) is 70.6 Å². The van der Waals surface area contributed by atoms with Crippen LogP contribution in [0.5, 0.6) is 0 Å². The van der Waals surface area contributed by atoms with Gasteiger partial charge in [-0.25, -0.2) is 0 Å². The highest BCUT2D eigenvalue weighted by molar-refractivity contribution is 6.03. The standard InChI is InChI=1S/C29H36N3O5/c1-19-25(28(33)36-4)27(22-12-8-13-23(16-22)31(3)35)26(20(2)30-19)29(34)37-24-14-9-15-32(18-24)17-21-10-6-5-7-11-21/h5-8,10-13,16,19,24-27H,9,14-15,17-18H2,1-4H3/q+1/t19?,24-,25?,26?,27?/m1/s1. The molecule has 4 unspecified atom stereocenters. The third-order valence-electron chi connectivity index (χ3n) is 7.46. The first-order valence-corrected chi connectivity index (χ1v) is 12.9. The maximum atomic E-state index is 13.8. The minimum atomic E-state index is -0.753. The lowest BCUT2D eigenvalue weighted by molar-refractivity contribution is -0.428. The Bertz CT molecular complexity index is 1170. The Balaban J connectivity index is 1.59. The summed E-state index contributed by atoms with van der Waals surface area (Å²) < 4.78 is 12.0. The Morgan fingerprint density at radius 1 is 1.11 bits per heavy atom. The number of likely N-dealkylation sites (tertiary alicyclic amines) is 1. The van der Waals surface area contributed by atoms with Crippen LogP contribution in [0, 0.1) is 16.7 Å². The molecule has 0 aromatic heterocycles. The molecule has 0 N–H and O–H groups in total. The van der Waals surface area contributed by atoms with Gasteiger partial charge in [0.05, 0.1) is 19.1 Å². The summed E-state index contributed by atoms with van der Waals surface area (Å²) in [6, 6.07) is 16.9. The second-order valence-electron chi connectivity index (χ2n) is 10.1. The Hall–Kier alpha value is -3.39. The van der Waals surface area contributed by atoms with E-state index in [4.69, 9.17) is 9.47 Å². The van der Waals surface area contributed by atoms with Crippen molar-refractivity contribution in [3.63, 3.8) is 0 Å². The third-order valence-corrected chi connectivity index (χ3v) is 7.46. The number of piperidine rings is 1. The van der Waals surface area contributed by atoms with Gasteiger partial charge in [0.15, 0.2) is 7.05 Å². The molecule has 2 aliphatic rings. The lowest BCUT2D eigenvalue weighted by atomic mass is 9.70. The second kappa shape index (κ2) is 11.8. The third kappa shape index (κ3) is 6.13. The first kappa shape index (κ1) is 26.7. The quantitative estimate of drug-likeness (QED) is 0.411. The van der Waals surface area contributed by atoms with Gasteiger partial charge in [0.1, 0.15) is 12.0 Å². The van der Waals surface area contributed by atoms with Crippen molar-refractivity contribution in [3.8, 4) is 0 Å². The molecule has 0 spiro atoms. The zero-order valence-electron chi connectivity index (χ0n) is 22.0. The van der Waals surface area contributed by atoms with Crippen molar-refractivity contribution in [1.82, 2.24) is 4.90 Å². The highest BCUT2D eigenvalue weighted by Crippen LogP contribution is 2.42. The summed E-state index contributed by atoms with van der Waals surface area (Å²) in [5, 5.41) is 0. The average Bonchev–Trinajstić information content (AvgIpc) is 2.88. The van der Waals surface area contributed by atoms with Crippen LogP contribution in [-0.4, -0.2) is 66.7 Å². The number of nitrogens with zero attached hydrogens (tertiary/aromatic N) is 3. The highest BCUT2D eigenvalue weighted by Gasteiger charge is 2.48. The predicted octanol–water partition coefficient (Wildman–Crippen LogP) is 4.29. The van der Waals surface area contributed by atoms with E-state index in [0.29, 0.717) is 23.5 Å². The van der Waals surface area contributed by atoms with Crippen molar-refractivity contribution in [2.24, 2.45) is 16.8 Å². The van der Waals surface area contributed by atoms with E-state index < -0.39 is 23.7 Å². The van der Waals surface area contributed by atoms with Crippen LogP contribution in [0.4, 0.5) is 5.69 Å². The number of ether oxygens (including phenoxy) is 2. The normalized spacial score (nSPS) is 26.2. The fourth-order valence-electron chi connectivity index (χ4n) is 5.71. The van der Waals surface area contributed by atoms with Crippen LogP contribution in [0.15, 0.2) is 59.6 Å². The zero-order chi connectivity index (χ0) is 26.5. The number of hydrogen-bond acceptors (Lipinski definition) is 7. The second-order valence-corrected chi connectivity index (χ2v) is 10.1. The summed E-state index contributed by atoms with van der Waals surface area (Å²) >= 11 is 0. The van der Waals surface area contributed by atoms with Crippen LogP contribution in [0.1, 0.15) is 43.7 Å². The van der Waals surface area contributed by atoms with Crippen molar-refractivity contribution in [2.75, 3.05) is 27.2 Å². The van der Waals surface area contributed by atoms with E-state index in [2.05, 4.69) is 22.0 Å². The number of esters is 2. The molecule has 1 fully saturated rings. The van der Waals surface area contributed by atoms with Crippen molar-refractivity contribution in [1.29, 1.82) is 0 Å². The largest absolute Gasteiger partial charge is 0.469 e. The van der Waals surface area contributed by atoms with E-state index >= 15 is 0 Å². The SMILES string of the molecule is COC(=O)C1C(C)N=C(C)C(C(=O)O[C@@H]2CCCN(Cc3ccccc3)C2)C1c1cccc([N+](C)=O)c1. The van der Waals surface area contributed by atoms with Gasteiger partial charge in [0.2, 0.25) is 0 Å². The van der Waals surface area contributed by atoms with Crippen LogP contribution < -0.4 is 0 Å². The fourth-order valence-corrected chi connectivity index (χ4v) is 5.71. The molecule has 8 heteroatoms. The van der Waals surface area contributed by atoms with E-state index in [-0.39, 0.29) is 18.1 Å². The van der Waals surface area contributed by atoms with Crippen molar-refractivity contribution >= 4 is 23.3 Å². The molecule has 0 aliphatic carbocycles. The molecule has 0 bridgehead atoms. The van der Waals surface area contributed by atoms with Crippen LogP contribution in [0.2, 0.25) is 0 Å². The number of carbonyl (C=O) groups excluding carboxylic acids is 2. The van der Waals surface area contributed by atoms with Gasteiger partial charge in [-0.05, 0) is 44.4 Å². The fraction of sp³-hybridized carbons (Fsp3) is 0.483. The molecule has 2 aromatic rings. The Morgan fingerprint density at radius 3 is 2.57 bits per heavy atom. The molecular weight excluding hydrogens is 470 g/mol. The van der Waals surface area contributed by atoms with Crippen LogP contribution in [0.25, 0.3) is 0 Å². The van der Waals surface area contributed by atoms with Crippen molar-refractivity contribution in [2.45, 2.75) is 51.3 Å². The summed E-state index contributed by atoms with van der Waals surface area (Å²) in [6.45, 7) is 6.08. The van der Waals surface area contributed by atoms with Gasteiger partial charge in [0.25, 0.3) is 5.69 Å². The lowest BCUT2D eigenvalue weighted by Gasteiger charge is -2.39.